The van der Waals surface area contributed by atoms with Gasteiger partial charge in [-0.25, -0.2) is 9.78 Å². The predicted octanol–water partition coefficient (Wildman–Crippen LogP) is 3.84. The first kappa shape index (κ1) is 13.9. The number of hydrogen-bond donors (Lipinski definition) is 2. The van der Waals surface area contributed by atoms with Gasteiger partial charge in [0.05, 0.1) is 16.2 Å². The summed E-state index contributed by atoms with van der Waals surface area (Å²) in [6.45, 7) is 1.87. The Morgan fingerprint density at radius 3 is 2.63 bits per heavy atom. The molecule has 2 rings (SSSR count). The number of benzene rings is 1. The lowest BCUT2D eigenvalue weighted by Crippen LogP contribution is -2.09. The van der Waals surface area contributed by atoms with Crippen molar-refractivity contribution < 1.29 is 9.90 Å². The van der Waals surface area contributed by atoms with Gasteiger partial charge < -0.3 is 10.4 Å². The van der Waals surface area contributed by atoms with Gasteiger partial charge in [0.15, 0.2) is 5.69 Å². The zero-order chi connectivity index (χ0) is 14.2. The number of carboxylic acid groups (broad SMARTS) is 1. The van der Waals surface area contributed by atoms with Crippen molar-refractivity contribution in [2.45, 2.75) is 13.3 Å². The van der Waals surface area contributed by atoms with E-state index in [4.69, 9.17) is 23.2 Å². The molecule has 0 radical (unpaired) electrons. The molecular formula is C13H12Cl2N2O2. The average molecular weight is 299 g/mol. The van der Waals surface area contributed by atoms with Gasteiger partial charge in [0, 0.05) is 23.0 Å². The van der Waals surface area contributed by atoms with Gasteiger partial charge in [-0.15, -0.1) is 0 Å². The summed E-state index contributed by atoms with van der Waals surface area (Å²) < 4.78 is 0. The van der Waals surface area contributed by atoms with E-state index in [-0.39, 0.29) is 5.69 Å². The topological polar surface area (TPSA) is 62.2 Å². The highest BCUT2D eigenvalue weighted by Crippen LogP contribution is 2.36. The second kappa shape index (κ2) is 5.23. The summed E-state index contributed by atoms with van der Waals surface area (Å²) in [5.74, 6) is -1.06. The molecule has 0 atom stereocenters. The summed E-state index contributed by atoms with van der Waals surface area (Å²) in [5, 5.41) is 13.8. The number of nitrogens with one attached hydrogen (secondary N) is 1. The van der Waals surface area contributed by atoms with Crippen LogP contribution in [0.25, 0.3) is 10.9 Å². The lowest BCUT2D eigenvalue weighted by atomic mass is 10.0. The second-order valence-corrected chi connectivity index (χ2v) is 4.85. The van der Waals surface area contributed by atoms with Crippen molar-refractivity contribution in [3.8, 4) is 0 Å². The number of fused-ring (bicyclic) bond motifs is 1. The molecule has 0 aliphatic rings. The van der Waals surface area contributed by atoms with Crippen LogP contribution in [0.3, 0.4) is 0 Å². The zero-order valence-electron chi connectivity index (χ0n) is 10.4. The molecule has 1 heterocycles. The molecule has 0 saturated heterocycles. The van der Waals surface area contributed by atoms with Crippen LogP contribution in [0.4, 0.5) is 5.69 Å². The van der Waals surface area contributed by atoms with E-state index in [1.54, 1.807) is 19.2 Å². The van der Waals surface area contributed by atoms with E-state index in [2.05, 4.69) is 10.3 Å². The number of aromatic carboxylic acids is 1. The Balaban J connectivity index is 2.98. The molecule has 0 bridgehead atoms. The third-order valence-corrected chi connectivity index (χ3v) is 3.43. The Kier molecular flexibility index (Phi) is 3.83. The molecule has 0 spiro atoms. The fourth-order valence-electron chi connectivity index (χ4n) is 2.15. The number of aromatic nitrogens is 1. The first-order valence-corrected chi connectivity index (χ1v) is 6.47. The van der Waals surface area contributed by atoms with Crippen LogP contribution < -0.4 is 5.32 Å². The van der Waals surface area contributed by atoms with Gasteiger partial charge in [-0.3, -0.25) is 0 Å². The van der Waals surface area contributed by atoms with E-state index in [0.717, 1.165) is 0 Å². The van der Waals surface area contributed by atoms with E-state index in [1.807, 2.05) is 6.92 Å². The minimum atomic E-state index is -1.06. The molecule has 6 heteroatoms. The molecule has 0 fully saturated rings. The average Bonchev–Trinajstić information content (AvgIpc) is 2.35. The largest absolute Gasteiger partial charge is 0.477 e. The molecule has 2 aromatic rings. The number of carboxylic acids is 1. The molecule has 1 aromatic carbocycles. The highest BCUT2D eigenvalue weighted by atomic mass is 35.5. The monoisotopic (exact) mass is 298 g/mol. The Labute approximate surface area is 120 Å². The maximum absolute atomic E-state index is 11.3. The molecule has 1 aromatic heterocycles. The van der Waals surface area contributed by atoms with Crippen molar-refractivity contribution in [3.63, 3.8) is 0 Å². The maximum Gasteiger partial charge on any atom is 0.354 e. The normalized spacial score (nSPS) is 10.7. The second-order valence-electron chi connectivity index (χ2n) is 4.00. The van der Waals surface area contributed by atoms with Gasteiger partial charge >= 0.3 is 5.97 Å². The van der Waals surface area contributed by atoms with Crippen molar-refractivity contribution in [2.24, 2.45) is 0 Å². The summed E-state index contributed by atoms with van der Waals surface area (Å²) >= 11 is 12.1. The molecule has 0 saturated carbocycles. The SMILES string of the molecule is CCc1c(C(=O)O)nc2cc(Cl)cc(Cl)c2c1NC. The quantitative estimate of drug-likeness (QED) is 0.903. The van der Waals surface area contributed by atoms with Gasteiger partial charge in [0.25, 0.3) is 0 Å². The summed E-state index contributed by atoms with van der Waals surface area (Å²) in [6.07, 6.45) is 0.541. The molecular weight excluding hydrogens is 287 g/mol. The molecule has 0 aliphatic heterocycles. The zero-order valence-corrected chi connectivity index (χ0v) is 11.9. The molecule has 0 unspecified atom stereocenters. The maximum atomic E-state index is 11.3. The summed E-state index contributed by atoms with van der Waals surface area (Å²) in [7, 11) is 1.73. The van der Waals surface area contributed by atoms with Crippen LogP contribution in [0.5, 0.6) is 0 Å². The molecule has 2 N–H and O–H groups in total. The fourth-order valence-corrected chi connectivity index (χ4v) is 2.73. The van der Waals surface area contributed by atoms with Gasteiger partial charge in [0.1, 0.15) is 0 Å². The summed E-state index contributed by atoms with van der Waals surface area (Å²) in [5.41, 5.74) is 1.81. The Morgan fingerprint density at radius 2 is 2.11 bits per heavy atom. The Hall–Kier alpha value is -1.52. The number of pyridine rings is 1. The third-order valence-electron chi connectivity index (χ3n) is 2.91. The van der Waals surface area contributed by atoms with Crippen LogP contribution in [0, 0.1) is 0 Å². The number of nitrogens with zero attached hydrogens (tertiary/aromatic N) is 1. The van der Waals surface area contributed by atoms with E-state index in [1.165, 1.54) is 0 Å². The highest BCUT2D eigenvalue weighted by molar-refractivity contribution is 6.39. The van der Waals surface area contributed by atoms with Crippen LogP contribution in [0.1, 0.15) is 23.0 Å². The predicted molar refractivity (Wildman–Crippen MR) is 77.6 cm³/mol. The number of carbonyl (C=O) groups is 1. The highest BCUT2D eigenvalue weighted by Gasteiger charge is 2.19. The van der Waals surface area contributed by atoms with Gasteiger partial charge in [-0.05, 0) is 18.6 Å². The minimum Gasteiger partial charge on any atom is -0.477 e. The van der Waals surface area contributed by atoms with Crippen LogP contribution in [0.2, 0.25) is 10.0 Å². The Bertz CT molecular complexity index is 671. The lowest BCUT2D eigenvalue weighted by molar-refractivity contribution is 0.0690. The smallest absolute Gasteiger partial charge is 0.354 e. The first-order chi connectivity index (χ1) is 8.99. The van der Waals surface area contributed by atoms with Gasteiger partial charge in [-0.1, -0.05) is 30.1 Å². The Morgan fingerprint density at radius 1 is 1.42 bits per heavy atom. The van der Waals surface area contributed by atoms with Crippen molar-refractivity contribution in [1.82, 2.24) is 4.98 Å². The van der Waals surface area contributed by atoms with E-state index < -0.39 is 5.97 Å². The van der Waals surface area contributed by atoms with Gasteiger partial charge in [-0.2, -0.15) is 0 Å². The van der Waals surface area contributed by atoms with Gasteiger partial charge in [0.2, 0.25) is 0 Å². The number of rotatable bonds is 3. The van der Waals surface area contributed by atoms with E-state index in [0.29, 0.717) is 38.6 Å². The van der Waals surface area contributed by atoms with Crippen molar-refractivity contribution >= 4 is 45.8 Å². The van der Waals surface area contributed by atoms with Crippen LogP contribution in [-0.2, 0) is 6.42 Å². The molecule has 0 aliphatic carbocycles. The lowest BCUT2D eigenvalue weighted by Gasteiger charge is -2.15. The number of halogens is 2. The van der Waals surface area contributed by atoms with Crippen molar-refractivity contribution in [2.75, 3.05) is 12.4 Å². The minimum absolute atomic E-state index is 0.0256. The molecule has 4 nitrogen and oxygen atoms in total. The van der Waals surface area contributed by atoms with Crippen molar-refractivity contribution in [3.05, 3.63) is 33.4 Å². The summed E-state index contributed by atoms with van der Waals surface area (Å²) in [4.78, 5) is 15.5. The number of hydrogen-bond acceptors (Lipinski definition) is 3. The fraction of sp³-hybridized carbons (Fsp3) is 0.231. The van der Waals surface area contributed by atoms with Crippen LogP contribution in [0.15, 0.2) is 12.1 Å². The van der Waals surface area contributed by atoms with E-state index in [9.17, 15) is 9.90 Å². The number of anilines is 1. The van der Waals surface area contributed by atoms with Crippen molar-refractivity contribution in [1.29, 1.82) is 0 Å². The van der Waals surface area contributed by atoms with E-state index >= 15 is 0 Å². The van der Waals surface area contributed by atoms with Crippen LogP contribution in [-0.4, -0.2) is 23.1 Å². The standard InChI is InChI=1S/C13H12Cl2N2O2/c1-3-7-11(16-2)10-8(15)4-6(14)5-9(10)17-12(7)13(18)19/h4-5H,3H2,1-2H3,(H,16,17)(H,18,19). The first-order valence-electron chi connectivity index (χ1n) is 5.72. The molecule has 100 valence electrons. The van der Waals surface area contributed by atoms with Crippen LogP contribution >= 0.6 is 23.2 Å². The third kappa shape index (κ3) is 2.33. The molecule has 0 amide bonds. The molecule has 19 heavy (non-hydrogen) atoms. The summed E-state index contributed by atoms with van der Waals surface area (Å²) in [6, 6.07) is 3.23.